The minimum absolute atomic E-state index is 0.00557. The van der Waals surface area contributed by atoms with Crippen LogP contribution < -0.4 is 35.4 Å². The minimum atomic E-state index is -0.580. The highest BCUT2D eigenvalue weighted by atomic mass is 79.9. The molecule has 6 aromatic rings. The number of benzene rings is 4. The van der Waals surface area contributed by atoms with E-state index in [-0.39, 0.29) is 23.3 Å². The SMILES string of the molecule is CC(C)(C)OC(=O)N(Cc1ccc2c(c1)OCCO2)C1CCN(CCn2c(=O)ccc3c(Br)cccc32)CC1.O=c1ccc2c(Br)cccc2n1CCN1CCC(NCc2ccc3c(c2)OCCO3)CC1. The highest BCUT2D eigenvalue weighted by Gasteiger charge is 2.32. The van der Waals surface area contributed by atoms with Gasteiger partial charge in [0.2, 0.25) is 0 Å². The molecule has 0 bridgehead atoms. The fraction of sp³-hybridized carbons (Fsp3) is 0.436. The van der Waals surface area contributed by atoms with Gasteiger partial charge in [-0.2, -0.15) is 0 Å². The maximum Gasteiger partial charge on any atom is 0.410 e. The first kappa shape index (κ1) is 50.5. The van der Waals surface area contributed by atoms with Crippen molar-refractivity contribution >= 4 is 59.8 Å². The molecule has 10 rings (SSSR count). The number of halogens is 2. The monoisotopic (exact) mass is 1090 g/mol. The third kappa shape index (κ3) is 12.8. The fourth-order valence-electron chi connectivity index (χ4n) is 9.84. The molecule has 2 saturated heterocycles. The molecule has 0 spiro atoms. The summed E-state index contributed by atoms with van der Waals surface area (Å²) in [6.45, 7) is 16.0. The van der Waals surface area contributed by atoms with E-state index in [1.807, 2.05) is 108 Å². The van der Waals surface area contributed by atoms with E-state index in [0.29, 0.717) is 57.9 Å². The van der Waals surface area contributed by atoms with Gasteiger partial charge in [0.1, 0.15) is 32.0 Å². The predicted octanol–water partition coefficient (Wildman–Crippen LogP) is 9.23. The second-order valence-electron chi connectivity index (χ2n) is 19.6. The van der Waals surface area contributed by atoms with Crippen LogP contribution in [0.1, 0.15) is 57.6 Å². The quantitative estimate of drug-likeness (QED) is 0.126. The standard InChI is InChI=1S/C30H36BrN3O5.C25H28BrN3O3/c1-30(2,3)39-29(36)34(20-21-7-9-26-27(19-21)38-18-17-37-26)22-11-13-32(14-12-22)15-16-33-25-6-4-5-24(31)23(25)8-10-28(33)35;26-21-2-1-3-22-20(21)5-7-25(30)29(22)13-12-28-10-8-19(9-11-28)27-17-18-4-6-23-24(16-18)32-15-14-31-23/h4-10,19,22H,11-18,20H2,1-3H3;1-7,16,19,27H,8-15,17H2. The van der Waals surface area contributed by atoms with Gasteiger partial charge in [0.05, 0.1) is 11.0 Å². The van der Waals surface area contributed by atoms with Gasteiger partial charge >= 0.3 is 6.09 Å². The van der Waals surface area contributed by atoms with Crippen LogP contribution in [0.25, 0.3) is 21.8 Å². The summed E-state index contributed by atoms with van der Waals surface area (Å²) in [5.74, 6) is 3.14. The van der Waals surface area contributed by atoms with Crippen molar-refractivity contribution in [3.8, 4) is 23.0 Å². The van der Waals surface area contributed by atoms with Crippen molar-refractivity contribution in [2.75, 3.05) is 65.7 Å². The van der Waals surface area contributed by atoms with E-state index in [4.69, 9.17) is 23.7 Å². The highest BCUT2D eigenvalue weighted by Crippen LogP contribution is 2.33. The first-order chi connectivity index (χ1) is 34.3. The zero-order chi connectivity index (χ0) is 49.5. The molecule has 6 heterocycles. The number of pyridine rings is 2. The Hall–Kier alpha value is -5.39. The highest BCUT2D eigenvalue weighted by molar-refractivity contribution is 9.11. The molecular weight excluding hydrogens is 1030 g/mol. The van der Waals surface area contributed by atoms with E-state index < -0.39 is 5.60 Å². The maximum absolute atomic E-state index is 13.3. The lowest BCUT2D eigenvalue weighted by atomic mass is 10.0. The van der Waals surface area contributed by atoms with Gasteiger partial charge in [-0.05, 0) is 131 Å². The number of amides is 1. The van der Waals surface area contributed by atoms with E-state index in [9.17, 15) is 14.4 Å². The number of hydrogen-bond donors (Lipinski definition) is 1. The van der Waals surface area contributed by atoms with Crippen LogP contribution in [0, 0.1) is 0 Å². The number of carbonyl (C=O) groups is 1. The van der Waals surface area contributed by atoms with E-state index in [1.54, 1.807) is 12.1 Å². The summed E-state index contributed by atoms with van der Waals surface area (Å²) < 4.78 is 34.3. The summed E-state index contributed by atoms with van der Waals surface area (Å²) in [5.41, 5.74) is 3.61. The largest absolute Gasteiger partial charge is 0.486 e. The van der Waals surface area contributed by atoms with Crippen LogP contribution in [0.3, 0.4) is 0 Å². The lowest BCUT2D eigenvalue weighted by molar-refractivity contribution is 0.00562. The Morgan fingerprint density at radius 2 is 1.10 bits per heavy atom. The molecular formula is C55H64Br2N6O8. The number of aromatic nitrogens is 2. The zero-order valence-electron chi connectivity index (χ0n) is 40.9. The summed E-state index contributed by atoms with van der Waals surface area (Å²) in [6.07, 6.45) is 3.59. The van der Waals surface area contributed by atoms with Gasteiger partial charge < -0.3 is 52.8 Å². The Labute approximate surface area is 432 Å². The van der Waals surface area contributed by atoms with Crippen LogP contribution in [0.15, 0.2) is 116 Å². The number of nitrogens with one attached hydrogen (secondary N) is 1. The molecule has 2 fully saturated rings. The number of rotatable bonds is 12. The number of likely N-dealkylation sites (tertiary alicyclic amines) is 2. The van der Waals surface area contributed by atoms with Crippen LogP contribution in [0.5, 0.6) is 23.0 Å². The smallest absolute Gasteiger partial charge is 0.410 e. The van der Waals surface area contributed by atoms with Crippen molar-refractivity contribution < 1.29 is 28.5 Å². The molecule has 0 saturated carbocycles. The predicted molar refractivity (Wildman–Crippen MR) is 284 cm³/mol. The third-order valence-corrected chi connectivity index (χ3v) is 15.0. The second-order valence-corrected chi connectivity index (χ2v) is 21.3. The first-order valence-corrected chi connectivity index (χ1v) is 26.4. The average Bonchev–Trinajstić information content (AvgIpc) is 3.37. The van der Waals surface area contributed by atoms with Crippen molar-refractivity contribution in [3.63, 3.8) is 0 Å². The van der Waals surface area contributed by atoms with Crippen molar-refractivity contribution in [1.82, 2.24) is 29.2 Å². The maximum atomic E-state index is 13.3. The molecule has 16 heteroatoms. The Kier molecular flexibility index (Phi) is 16.4. The van der Waals surface area contributed by atoms with Gasteiger partial charge in [-0.25, -0.2) is 4.79 Å². The van der Waals surface area contributed by atoms with Gasteiger partial charge in [-0.15, -0.1) is 0 Å². The molecule has 1 amide bonds. The number of ether oxygens (including phenoxy) is 5. The molecule has 0 radical (unpaired) electrons. The van der Waals surface area contributed by atoms with Crippen molar-refractivity contribution in [1.29, 1.82) is 0 Å². The Morgan fingerprint density at radius 3 is 1.62 bits per heavy atom. The lowest BCUT2D eigenvalue weighted by Crippen LogP contribution is -2.49. The van der Waals surface area contributed by atoms with Crippen molar-refractivity contribution in [2.45, 2.75) is 90.3 Å². The summed E-state index contributed by atoms with van der Waals surface area (Å²) >= 11 is 7.19. The molecule has 0 unspecified atom stereocenters. The molecule has 14 nitrogen and oxygen atoms in total. The molecule has 4 aliphatic rings. The molecule has 0 atom stereocenters. The average molecular weight is 1100 g/mol. The van der Waals surface area contributed by atoms with E-state index in [1.165, 1.54) is 5.56 Å². The topological polar surface area (TPSA) is 129 Å². The number of piperidine rings is 2. The molecule has 71 heavy (non-hydrogen) atoms. The second kappa shape index (κ2) is 23.0. The van der Waals surface area contributed by atoms with Gasteiger partial charge in [0, 0.05) is 96.3 Å². The van der Waals surface area contributed by atoms with Crippen molar-refractivity contribution in [2.24, 2.45) is 0 Å². The zero-order valence-corrected chi connectivity index (χ0v) is 44.1. The summed E-state index contributed by atoms with van der Waals surface area (Å²) in [4.78, 5) is 45.2. The Morgan fingerprint density at radius 1 is 0.620 bits per heavy atom. The van der Waals surface area contributed by atoms with E-state index >= 15 is 0 Å². The van der Waals surface area contributed by atoms with Gasteiger partial charge in [-0.3, -0.25) is 9.59 Å². The number of nitrogens with zero attached hydrogens (tertiary/aromatic N) is 5. The van der Waals surface area contributed by atoms with Crippen LogP contribution >= 0.6 is 31.9 Å². The third-order valence-electron chi connectivity index (χ3n) is 13.6. The molecule has 0 aliphatic carbocycles. The summed E-state index contributed by atoms with van der Waals surface area (Å²) in [5, 5.41) is 5.80. The summed E-state index contributed by atoms with van der Waals surface area (Å²) in [7, 11) is 0. The van der Waals surface area contributed by atoms with Crippen LogP contribution in [-0.2, 0) is 30.9 Å². The van der Waals surface area contributed by atoms with Crippen LogP contribution in [0.2, 0.25) is 0 Å². The fourth-order valence-corrected chi connectivity index (χ4v) is 10.8. The van der Waals surface area contributed by atoms with Crippen molar-refractivity contribution in [3.05, 3.63) is 138 Å². The van der Waals surface area contributed by atoms with E-state index in [0.717, 1.165) is 125 Å². The molecule has 2 aromatic heterocycles. The first-order valence-electron chi connectivity index (χ1n) is 24.9. The van der Waals surface area contributed by atoms with Gasteiger partial charge in [0.25, 0.3) is 11.1 Å². The normalized spacial score (nSPS) is 16.6. The Bertz CT molecular complexity index is 2940. The van der Waals surface area contributed by atoms with E-state index in [2.05, 4.69) is 59.1 Å². The number of fused-ring (bicyclic) bond motifs is 4. The molecule has 376 valence electrons. The molecule has 4 aliphatic heterocycles. The molecule has 4 aromatic carbocycles. The van der Waals surface area contributed by atoms with Gasteiger partial charge in [0.15, 0.2) is 23.0 Å². The number of hydrogen-bond acceptors (Lipinski definition) is 11. The summed E-state index contributed by atoms with van der Waals surface area (Å²) in [6, 6.07) is 31.6. The van der Waals surface area contributed by atoms with Crippen LogP contribution in [-0.4, -0.2) is 113 Å². The van der Waals surface area contributed by atoms with Crippen LogP contribution in [0.4, 0.5) is 4.79 Å². The number of carbonyl (C=O) groups excluding carboxylic acids is 1. The lowest BCUT2D eigenvalue weighted by Gasteiger charge is -2.39. The minimum Gasteiger partial charge on any atom is -0.486 e. The molecule has 1 N–H and O–H groups in total. The van der Waals surface area contributed by atoms with Gasteiger partial charge in [-0.1, -0.05) is 56.1 Å². The Balaban J connectivity index is 0.000000179.